The highest BCUT2D eigenvalue weighted by molar-refractivity contribution is 5.78. The third-order valence-corrected chi connectivity index (χ3v) is 7.74. The lowest BCUT2D eigenvalue weighted by Crippen LogP contribution is -2.29. The number of carbonyl (C=O) groups excluding carboxylic acids is 1. The summed E-state index contributed by atoms with van der Waals surface area (Å²) < 4.78 is 5.73. The minimum absolute atomic E-state index is 0.236. The highest BCUT2D eigenvalue weighted by atomic mass is 16.5. The molecule has 0 saturated heterocycles. The summed E-state index contributed by atoms with van der Waals surface area (Å²) in [5.74, 6) is 0.287. The van der Waals surface area contributed by atoms with Crippen LogP contribution in [0, 0.1) is 5.41 Å². The number of hydrogen-bond donors (Lipinski definition) is 0. The molecule has 2 aromatic heterocycles. The molecule has 0 N–H and O–H groups in total. The van der Waals surface area contributed by atoms with Crippen molar-refractivity contribution in [2.45, 2.75) is 39.5 Å². The van der Waals surface area contributed by atoms with Crippen LogP contribution in [0.15, 0.2) is 121 Å². The summed E-state index contributed by atoms with van der Waals surface area (Å²) in [4.78, 5) is 23.0. The maximum atomic E-state index is 12.7. The number of carbonyl (C=O) groups is 1. The van der Waals surface area contributed by atoms with Gasteiger partial charge in [-0.1, -0.05) is 91.9 Å². The third kappa shape index (κ3) is 5.43. The van der Waals surface area contributed by atoms with Gasteiger partial charge in [0, 0.05) is 11.1 Å². The van der Waals surface area contributed by atoms with Gasteiger partial charge < -0.3 is 4.74 Å². The molecule has 0 spiro atoms. The van der Waals surface area contributed by atoms with Crippen molar-refractivity contribution in [2.75, 3.05) is 0 Å². The van der Waals surface area contributed by atoms with Crippen molar-refractivity contribution >= 4 is 5.97 Å². The molecule has 5 rings (SSSR count). The molecule has 0 aliphatic heterocycles. The quantitative estimate of drug-likeness (QED) is 0.150. The van der Waals surface area contributed by atoms with E-state index in [9.17, 15) is 4.79 Å². The van der Waals surface area contributed by atoms with Gasteiger partial charge in [-0.15, -0.1) is 0 Å². The van der Waals surface area contributed by atoms with E-state index >= 15 is 0 Å². The molecule has 40 heavy (non-hydrogen) atoms. The number of benzene rings is 3. The number of aromatic nitrogens is 2. The van der Waals surface area contributed by atoms with E-state index in [2.05, 4.69) is 43.3 Å². The smallest absolute Gasteiger partial charge is 0.316 e. The van der Waals surface area contributed by atoms with Crippen LogP contribution in [0.4, 0.5) is 0 Å². The monoisotopic (exact) mass is 526 g/mol. The lowest BCUT2D eigenvalue weighted by Gasteiger charge is -2.30. The largest absolute Gasteiger partial charge is 0.426 e. The van der Waals surface area contributed by atoms with Crippen molar-refractivity contribution in [3.63, 3.8) is 0 Å². The zero-order valence-electron chi connectivity index (χ0n) is 23.5. The number of esters is 1. The fourth-order valence-electron chi connectivity index (χ4n) is 4.64. The minimum atomic E-state index is -0.680. The van der Waals surface area contributed by atoms with Gasteiger partial charge in [0.2, 0.25) is 0 Å². The number of pyridine rings is 2. The van der Waals surface area contributed by atoms with Crippen LogP contribution >= 0.6 is 0 Å². The first-order chi connectivity index (χ1) is 19.3. The Kier molecular flexibility index (Phi) is 7.61. The summed E-state index contributed by atoms with van der Waals surface area (Å²) in [6.45, 7) is 7.94. The van der Waals surface area contributed by atoms with Crippen molar-refractivity contribution in [3.05, 3.63) is 138 Å². The molecule has 4 heteroatoms. The molecule has 0 unspecified atom stereocenters. The topological polar surface area (TPSA) is 52.1 Å². The van der Waals surface area contributed by atoms with Crippen LogP contribution in [-0.2, 0) is 10.2 Å². The van der Waals surface area contributed by atoms with Gasteiger partial charge in [0.05, 0.1) is 33.6 Å². The summed E-state index contributed by atoms with van der Waals surface area (Å²) in [5.41, 5.74) is 5.44. The molecule has 0 aliphatic rings. The molecule has 0 fully saturated rings. The Labute approximate surface area is 236 Å². The standard InChI is InChI=1S/C36H34N2O2/c1-5-35(2,3)34(39)40-29-24-22-28(23-25-29)36(4,32-20-12-18-30(37-32)26-14-8-6-9-15-26)33-21-13-19-31(38-33)27-16-10-7-11-17-27/h6-25H,5H2,1-4H3. The maximum Gasteiger partial charge on any atom is 0.316 e. The van der Waals surface area contributed by atoms with Crippen LogP contribution in [0.2, 0.25) is 0 Å². The van der Waals surface area contributed by atoms with Gasteiger partial charge in [0.1, 0.15) is 5.75 Å². The van der Waals surface area contributed by atoms with Crippen LogP contribution in [0.25, 0.3) is 22.5 Å². The number of rotatable bonds is 8. The van der Waals surface area contributed by atoms with E-state index in [1.54, 1.807) is 0 Å². The van der Waals surface area contributed by atoms with Gasteiger partial charge in [-0.05, 0) is 69.2 Å². The zero-order valence-corrected chi connectivity index (χ0v) is 23.5. The van der Waals surface area contributed by atoms with Crippen molar-refractivity contribution in [2.24, 2.45) is 5.41 Å². The van der Waals surface area contributed by atoms with Crippen LogP contribution in [0.5, 0.6) is 5.75 Å². The second kappa shape index (κ2) is 11.3. The number of hydrogen-bond acceptors (Lipinski definition) is 4. The van der Waals surface area contributed by atoms with Crippen molar-refractivity contribution < 1.29 is 9.53 Å². The van der Waals surface area contributed by atoms with Gasteiger partial charge in [0.15, 0.2) is 0 Å². The Morgan fingerprint density at radius 1 is 0.625 bits per heavy atom. The molecule has 0 radical (unpaired) electrons. The van der Waals surface area contributed by atoms with E-state index in [4.69, 9.17) is 14.7 Å². The Morgan fingerprint density at radius 3 is 1.55 bits per heavy atom. The van der Waals surface area contributed by atoms with Gasteiger partial charge in [-0.25, -0.2) is 0 Å². The lowest BCUT2D eigenvalue weighted by atomic mass is 9.75. The summed E-state index contributed by atoms with van der Waals surface area (Å²) >= 11 is 0. The summed E-state index contributed by atoms with van der Waals surface area (Å²) in [5, 5.41) is 0. The highest BCUT2D eigenvalue weighted by Gasteiger charge is 2.35. The Hall–Kier alpha value is -4.57. The van der Waals surface area contributed by atoms with Crippen molar-refractivity contribution in [1.29, 1.82) is 0 Å². The molecular weight excluding hydrogens is 492 g/mol. The molecular formula is C36H34N2O2. The Bertz CT molecular complexity index is 1510. The average Bonchev–Trinajstić information content (AvgIpc) is 3.02. The predicted octanol–water partition coefficient (Wildman–Crippen LogP) is 8.51. The van der Waals surface area contributed by atoms with Crippen LogP contribution in [-0.4, -0.2) is 15.9 Å². The van der Waals surface area contributed by atoms with Gasteiger partial charge in [0.25, 0.3) is 0 Å². The molecule has 4 nitrogen and oxygen atoms in total. The first kappa shape index (κ1) is 27.0. The van der Waals surface area contributed by atoms with E-state index in [1.165, 1.54) is 0 Å². The minimum Gasteiger partial charge on any atom is -0.426 e. The first-order valence-electron chi connectivity index (χ1n) is 13.7. The van der Waals surface area contributed by atoms with E-state index in [0.29, 0.717) is 12.2 Å². The molecule has 3 aromatic carbocycles. The fourth-order valence-corrected chi connectivity index (χ4v) is 4.64. The predicted molar refractivity (Wildman–Crippen MR) is 161 cm³/mol. The fraction of sp³-hybridized carbons (Fsp3) is 0.194. The summed E-state index contributed by atoms with van der Waals surface area (Å²) in [7, 11) is 0. The Morgan fingerprint density at radius 2 is 1.10 bits per heavy atom. The average molecular weight is 527 g/mol. The highest BCUT2D eigenvalue weighted by Crippen LogP contribution is 2.39. The maximum absolute atomic E-state index is 12.7. The molecule has 0 amide bonds. The van der Waals surface area contributed by atoms with E-state index in [-0.39, 0.29) is 5.97 Å². The van der Waals surface area contributed by atoms with Gasteiger partial charge in [-0.2, -0.15) is 0 Å². The molecule has 0 atom stereocenters. The van der Waals surface area contributed by atoms with E-state index in [0.717, 1.165) is 39.5 Å². The molecule has 0 aliphatic carbocycles. The second-order valence-electron chi connectivity index (χ2n) is 10.8. The van der Waals surface area contributed by atoms with Crippen LogP contribution < -0.4 is 4.74 Å². The lowest BCUT2D eigenvalue weighted by molar-refractivity contribution is -0.144. The molecule has 2 heterocycles. The molecule has 0 saturated carbocycles. The second-order valence-corrected chi connectivity index (χ2v) is 10.8. The normalized spacial score (nSPS) is 11.7. The molecule has 5 aromatic rings. The summed E-state index contributed by atoms with van der Waals surface area (Å²) in [6, 6.07) is 40.4. The van der Waals surface area contributed by atoms with Crippen LogP contribution in [0.1, 0.15) is 51.1 Å². The summed E-state index contributed by atoms with van der Waals surface area (Å²) in [6.07, 6.45) is 0.703. The van der Waals surface area contributed by atoms with Crippen LogP contribution in [0.3, 0.4) is 0 Å². The van der Waals surface area contributed by atoms with E-state index < -0.39 is 10.8 Å². The zero-order chi connectivity index (χ0) is 28.2. The van der Waals surface area contributed by atoms with Crippen molar-refractivity contribution in [1.82, 2.24) is 9.97 Å². The van der Waals surface area contributed by atoms with E-state index in [1.807, 2.05) is 106 Å². The van der Waals surface area contributed by atoms with Gasteiger partial charge in [-0.3, -0.25) is 14.8 Å². The Balaban J connectivity index is 1.62. The number of ether oxygens (including phenoxy) is 1. The molecule has 200 valence electrons. The molecule has 0 bridgehead atoms. The van der Waals surface area contributed by atoms with Crippen molar-refractivity contribution in [3.8, 4) is 28.3 Å². The van der Waals surface area contributed by atoms with Gasteiger partial charge >= 0.3 is 5.97 Å². The first-order valence-corrected chi connectivity index (χ1v) is 13.7. The SMILES string of the molecule is CCC(C)(C)C(=O)Oc1ccc(C(C)(c2cccc(-c3ccccc3)n2)c2cccc(-c3ccccc3)n2)cc1. The third-order valence-electron chi connectivity index (χ3n) is 7.74. The number of nitrogens with zero attached hydrogens (tertiary/aromatic N) is 2.